The molecule has 1 amide bonds. The van der Waals surface area contributed by atoms with Crippen LogP contribution in [0, 0.1) is 0 Å². The van der Waals surface area contributed by atoms with E-state index in [2.05, 4.69) is 25.1 Å². The summed E-state index contributed by atoms with van der Waals surface area (Å²) < 4.78 is 13.3. The van der Waals surface area contributed by atoms with Gasteiger partial charge in [0, 0.05) is 57.7 Å². The molecule has 7 nitrogen and oxygen atoms in total. The Morgan fingerprint density at radius 2 is 2.04 bits per heavy atom. The van der Waals surface area contributed by atoms with E-state index >= 15 is 0 Å². The second kappa shape index (κ2) is 7.21. The Kier molecular flexibility index (Phi) is 4.80. The van der Waals surface area contributed by atoms with Gasteiger partial charge in [-0.25, -0.2) is 9.37 Å². The molecule has 0 aliphatic carbocycles. The van der Waals surface area contributed by atoms with Crippen LogP contribution in [-0.2, 0) is 4.79 Å². The highest BCUT2D eigenvalue weighted by atomic mass is 19.1. The van der Waals surface area contributed by atoms with Crippen LogP contribution in [0.2, 0.25) is 0 Å². The number of hydrogen-bond acceptors (Lipinski definition) is 6. The zero-order valence-corrected chi connectivity index (χ0v) is 14.4. The number of carbonyl (C=O) groups excluding carboxylic acids is 1. The van der Waals surface area contributed by atoms with E-state index in [4.69, 9.17) is 0 Å². The molecule has 3 fully saturated rings. The highest BCUT2D eigenvalue weighted by Gasteiger charge is 2.37. The molecule has 0 unspecified atom stereocenters. The number of carbonyl (C=O) groups is 1. The van der Waals surface area contributed by atoms with Gasteiger partial charge in [0.05, 0.1) is 18.8 Å². The molecule has 3 saturated heterocycles. The molecule has 3 atom stereocenters. The minimum Gasteiger partial charge on any atom is -0.353 e. The van der Waals surface area contributed by atoms with E-state index in [1.165, 1.54) is 0 Å². The van der Waals surface area contributed by atoms with Crippen LogP contribution in [-0.4, -0.2) is 89.7 Å². The van der Waals surface area contributed by atoms with Gasteiger partial charge in [0.2, 0.25) is 5.91 Å². The summed E-state index contributed by atoms with van der Waals surface area (Å²) in [4.78, 5) is 27.4. The molecule has 0 aromatic carbocycles. The van der Waals surface area contributed by atoms with Crippen LogP contribution in [0.25, 0.3) is 0 Å². The molecule has 1 aromatic heterocycles. The zero-order valence-electron chi connectivity index (χ0n) is 14.4. The summed E-state index contributed by atoms with van der Waals surface area (Å²) in [6.07, 6.45) is 5.65. The second-order valence-corrected chi connectivity index (χ2v) is 7.11. The highest BCUT2D eigenvalue weighted by molar-refractivity contribution is 5.82. The number of rotatable bonds is 3. The zero-order chi connectivity index (χ0) is 17.2. The number of likely N-dealkylation sites (tertiary alicyclic amines) is 1. The van der Waals surface area contributed by atoms with Crippen molar-refractivity contribution in [2.24, 2.45) is 0 Å². The number of nitrogens with one attached hydrogen (secondary N) is 1. The van der Waals surface area contributed by atoms with Crippen LogP contribution < -0.4 is 10.2 Å². The molecule has 3 aliphatic rings. The van der Waals surface area contributed by atoms with E-state index in [1.807, 2.05) is 0 Å². The van der Waals surface area contributed by atoms with Crippen molar-refractivity contribution in [2.45, 2.75) is 31.1 Å². The predicted molar refractivity (Wildman–Crippen MR) is 92.1 cm³/mol. The van der Waals surface area contributed by atoms with Crippen LogP contribution in [0.3, 0.4) is 0 Å². The third-order valence-electron chi connectivity index (χ3n) is 5.55. The molecule has 0 saturated carbocycles. The maximum absolute atomic E-state index is 13.3. The number of hydrogen-bond donors (Lipinski definition) is 1. The SMILES string of the molecule is O=C([C@@H]1C[C@H](N2CCN(c3cnccn3)CC2)CN1)N1CC[C@H](F)C1. The van der Waals surface area contributed by atoms with Crippen LogP contribution in [0.15, 0.2) is 18.6 Å². The number of alkyl halides is 1. The second-order valence-electron chi connectivity index (χ2n) is 7.11. The fourth-order valence-electron chi connectivity index (χ4n) is 4.09. The lowest BCUT2D eigenvalue weighted by Crippen LogP contribution is -2.51. The Morgan fingerprint density at radius 1 is 1.20 bits per heavy atom. The van der Waals surface area contributed by atoms with Gasteiger partial charge in [-0.2, -0.15) is 0 Å². The quantitative estimate of drug-likeness (QED) is 0.823. The van der Waals surface area contributed by atoms with E-state index < -0.39 is 6.17 Å². The van der Waals surface area contributed by atoms with Crippen molar-refractivity contribution in [3.63, 3.8) is 0 Å². The van der Waals surface area contributed by atoms with Crippen molar-refractivity contribution in [2.75, 3.05) is 50.7 Å². The van der Waals surface area contributed by atoms with Crippen molar-refractivity contribution in [3.8, 4) is 0 Å². The number of anilines is 1. The maximum Gasteiger partial charge on any atom is 0.239 e. The van der Waals surface area contributed by atoms with Crippen molar-refractivity contribution in [1.29, 1.82) is 0 Å². The summed E-state index contributed by atoms with van der Waals surface area (Å²) in [5.41, 5.74) is 0. The van der Waals surface area contributed by atoms with E-state index in [9.17, 15) is 9.18 Å². The van der Waals surface area contributed by atoms with Crippen molar-refractivity contribution >= 4 is 11.7 Å². The van der Waals surface area contributed by atoms with Crippen LogP contribution in [0.1, 0.15) is 12.8 Å². The van der Waals surface area contributed by atoms with Gasteiger partial charge in [-0.15, -0.1) is 0 Å². The Morgan fingerprint density at radius 3 is 2.72 bits per heavy atom. The topological polar surface area (TPSA) is 64.6 Å². The molecule has 25 heavy (non-hydrogen) atoms. The Labute approximate surface area is 147 Å². The molecule has 0 radical (unpaired) electrons. The normalized spacial score (nSPS) is 30.8. The van der Waals surface area contributed by atoms with Gasteiger partial charge in [-0.05, 0) is 12.8 Å². The lowest BCUT2D eigenvalue weighted by Gasteiger charge is -2.38. The average molecular weight is 348 g/mol. The Balaban J connectivity index is 1.28. The van der Waals surface area contributed by atoms with Gasteiger partial charge in [-0.3, -0.25) is 14.7 Å². The van der Waals surface area contributed by atoms with Crippen LogP contribution >= 0.6 is 0 Å². The summed E-state index contributed by atoms with van der Waals surface area (Å²) >= 11 is 0. The monoisotopic (exact) mass is 348 g/mol. The molecular weight excluding hydrogens is 323 g/mol. The van der Waals surface area contributed by atoms with Gasteiger partial charge in [0.1, 0.15) is 12.0 Å². The molecule has 1 N–H and O–H groups in total. The van der Waals surface area contributed by atoms with Gasteiger partial charge in [0.15, 0.2) is 0 Å². The Bertz CT molecular complexity index is 594. The van der Waals surface area contributed by atoms with Crippen LogP contribution in [0.5, 0.6) is 0 Å². The molecular formula is C17H25FN6O. The highest BCUT2D eigenvalue weighted by Crippen LogP contribution is 2.21. The summed E-state index contributed by atoms with van der Waals surface area (Å²) in [7, 11) is 0. The molecule has 4 heterocycles. The van der Waals surface area contributed by atoms with E-state index in [-0.39, 0.29) is 18.5 Å². The molecule has 0 spiro atoms. The summed E-state index contributed by atoms with van der Waals surface area (Å²) in [6, 6.07) is 0.218. The van der Waals surface area contributed by atoms with Crippen molar-refractivity contribution < 1.29 is 9.18 Å². The summed E-state index contributed by atoms with van der Waals surface area (Å²) in [6.45, 7) is 5.40. The first-order valence-corrected chi connectivity index (χ1v) is 9.12. The van der Waals surface area contributed by atoms with E-state index in [0.29, 0.717) is 19.0 Å². The number of nitrogens with zero attached hydrogens (tertiary/aromatic N) is 5. The molecule has 3 aliphatic heterocycles. The predicted octanol–water partition coefficient (Wildman–Crippen LogP) is -0.100. The lowest BCUT2D eigenvalue weighted by atomic mass is 10.1. The standard InChI is InChI=1S/C17H25FN6O/c18-13-1-4-24(12-13)17(25)15-9-14(10-21-15)22-5-7-23(8-6-22)16-11-19-2-3-20-16/h2-3,11,13-15,21H,1,4-10,12H2/t13-,14-,15-/m0/s1. The third-order valence-corrected chi connectivity index (χ3v) is 5.55. The number of amides is 1. The summed E-state index contributed by atoms with van der Waals surface area (Å²) in [5, 5.41) is 3.35. The number of aromatic nitrogens is 2. The van der Waals surface area contributed by atoms with Gasteiger partial charge >= 0.3 is 0 Å². The number of halogens is 1. The average Bonchev–Trinajstić information content (AvgIpc) is 3.31. The molecule has 8 heteroatoms. The maximum atomic E-state index is 13.3. The van der Waals surface area contributed by atoms with Gasteiger partial charge in [-0.1, -0.05) is 0 Å². The molecule has 1 aromatic rings. The Hall–Kier alpha value is -1.80. The summed E-state index contributed by atoms with van der Waals surface area (Å²) in [5.74, 6) is 0.996. The first kappa shape index (κ1) is 16.7. The fourth-order valence-corrected chi connectivity index (χ4v) is 4.09. The van der Waals surface area contributed by atoms with Crippen molar-refractivity contribution in [1.82, 2.24) is 25.1 Å². The molecule has 136 valence electrons. The number of piperazine rings is 1. The first-order valence-electron chi connectivity index (χ1n) is 9.12. The van der Waals surface area contributed by atoms with Crippen molar-refractivity contribution in [3.05, 3.63) is 18.6 Å². The largest absolute Gasteiger partial charge is 0.353 e. The molecule has 4 rings (SSSR count). The minimum atomic E-state index is -0.852. The van der Waals surface area contributed by atoms with Gasteiger partial charge < -0.3 is 15.1 Å². The van der Waals surface area contributed by atoms with E-state index in [1.54, 1.807) is 23.5 Å². The van der Waals surface area contributed by atoms with Gasteiger partial charge in [0.25, 0.3) is 0 Å². The fraction of sp³-hybridized carbons (Fsp3) is 0.706. The molecule has 0 bridgehead atoms. The third kappa shape index (κ3) is 3.59. The van der Waals surface area contributed by atoms with E-state index in [0.717, 1.165) is 45.0 Å². The smallest absolute Gasteiger partial charge is 0.239 e. The minimum absolute atomic E-state index is 0.0702. The van der Waals surface area contributed by atoms with Crippen LogP contribution in [0.4, 0.5) is 10.2 Å². The first-order chi connectivity index (χ1) is 12.2. The lowest BCUT2D eigenvalue weighted by molar-refractivity contribution is -0.132.